The maximum atomic E-state index is 12.7. The smallest absolute Gasteiger partial charge is 0.281 e. The van der Waals surface area contributed by atoms with Crippen molar-refractivity contribution in [3.63, 3.8) is 0 Å². The number of fused-ring (bicyclic) bond motifs is 1. The first kappa shape index (κ1) is 20.7. The number of benzene rings is 1. The summed E-state index contributed by atoms with van der Waals surface area (Å²) in [5.41, 5.74) is 1.34. The molecule has 0 atom stereocenters. The van der Waals surface area contributed by atoms with Crippen LogP contribution in [0, 0.1) is 0 Å². The molecular formula is C19H26N4O4S. The van der Waals surface area contributed by atoms with Crippen LogP contribution >= 0.6 is 0 Å². The number of nitrogens with one attached hydrogen (secondary N) is 1. The average Bonchev–Trinajstić information content (AvgIpc) is 2.71. The summed E-state index contributed by atoms with van der Waals surface area (Å²) >= 11 is 0. The summed E-state index contributed by atoms with van der Waals surface area (Å²) in [5.74, 6) is -0.236. The van der Waals surface area contributed by atoms with Gasteiger partial charge in [-0.3, -0.25) is 9.78 Å². The highest BCUT2D eigenvalue weighted by molar-refractivity contribution is 7.86. The van der Waals surface area contributed by atoms with E-state index in [0.29, 0.717) is 31.6 Å². The van der Waals surface area contributed by atoms with E-state index >= 15 is 0 Å². The van der Waals surface area contributed by atoms with Gasteiger partial charge in [0, 0.05) is 63.6 Å². The Morgan fingerprint density at radius 2 is 2.00 bits per heavy atom. The molecule has 1 aromatic heterocycles. The molecule has 0 bridgehead atoms. The summed E-state index contributed by atoms with van der Waals surface area (Å²) in [4.78, 5) is 16.7. The highest BCUT2D eigenvalue weighted by Gasteiger charge is 2.32. The number of hydrogen-bond acceptors (Lipinski definition) is 5. The SMILES string of the molecule is CN(C)S(=O)(=O)N(CCNC(=O)c1ccc2ncccc2c1)C1CCOCC1. The lowest BCUT2D eigenvalue weighted by atomic mass is 10.1. The predicted octanol–water partition coefficient (Wildman–Crippen LogP) is 1.25. The molecule has 1 aliphatic rings. The molecule has 1 aliphatic heterocycles. The molecule has 9 heteroatoms. The molecule has 8 nitrogen and oxygen atoms in total. The highest BCUT2D eigenvalue weighted by atomic mass is 32.2. The van der Waals surface area contributed by atoms with E-state index in [4.69, 9.17) is 4.74 Å². The summed E-state index contributed by atoms with van der Waals surface area (Å²) in [7, 11) is -0.544. The molecule has 1 aromatic carbocycles. The van der Waals surface area contributed by atoms with Gasteiger partial charge in [-0.05, 0) is 37.1 Å². The lowest BCUT2D eigenvalue weighted by Crippen LogP contribution is -2.50. The van der Waals surface area contributed by atoms with Crippen LogP contribution in [0.25, 0.3) is 10.9 Å². The number of ether oxygens (including phenoxy) is 1. The van der Waals surface area contributed by atoms with E-state index < -0.39 is 10.2 Å². The maximum absolute atomic E-state index is 12.7. The minimum atomic E-state index is -3.58. The second kappa shape index (κ2) is 8.95. The van der Waals surface area contributed by atoms with Crippen molar-refractivity contribution >= 4 is 27.0 Å². The van der Waals surface area contributed by atoms with Crippen LogP contribution in [0.2, 0.25) is 0 Å². The van der Waals surface area contributed by atoms with E-state index in [1.54, 1.807) is 24.4 Å². The quantitative estimate of drug-likeness (QED) is 0.747. The Bertz CT molecular complexity index is 926. The fraction of sp³-hybridized carbons (Fsp3) is 0.474. The third-order valence-electron chi connectivity index (χ3n) is 4.84. The largest absolute Gasteiger partial charge is 0.381 e. The molecule has 2 heterocycles. The van der Waals surface area contributed by atoms with Crippen molar-refractivity contribution < 1.29 is 17.9 Å². The van der Waals surface area contributed by atoms with Crippen molar-refractivity contribution in [2.24, 2.45) is 0 Å². The first-order chi connectivity index (χ1) is 13.4. The average molecular weight is 407 g/mol. The molecular weight excluding hydrogens is 380 g/mol. The van der Waals surface area contributed by atoms with E-state index in [-0.39, 0.29) is 25.0 Å². The van der Waals surface area contributed by atoms with Gasteiger partial charge in [-0.25, -0.2) is 0 Å². The maximum Gasteiger partial charge on any atom is 0.281 e. The van der Waals surface area contributed by atoms with Gasteiger partial charge in [0.1, 0.15) is 0 Å². The standard InChI is InChI=1S/C19H26N4O4S/c1-22(2)28(25,26)23(17-7-12-27-13-8-17)11-10-21-19(24)16-5-6-18-15(14-16)4-3-9-20-18/h3-6,9,14,17H,7-8,10-13H2,1-2H3,(H,21,24). The first-order valence-corrected chi connectivity index (χ1v) is 10.7. The number of carbonyl (C=O) groups excluding carboxylic acids is 1. The molecule has 0 spiro atoms. The summed E-state index contributed by atoms with van der Waals surface area (Å²) < 4.78 is 33.5. The fourth-order valence-corrected chi connectivity index (χ4v) is 4.60. The lowest BCUT2D eigenvalue weighted by molar-refractivity contribution is 0.0571. The van der Waals surface area contributed by atoms with Crippen LogP contribution in [-0.4, -0.2) is 74.4 Å². The van der Waals surface area contributed by atoms with Crippen LogP contribution in [0.3, 0.4) is 0 Å². The molecule has 3 rings (SSSR count). The van der Waals surface area contributed by atoms with Gasteiger partial charge in [-0.1, -0.05) is 6.07 Å². The Balaban J connectivity index is 1.66. The van der Waals surface area contributed by atoms with Crippen LogP contribution < -0.4 is 5.32 Å². The van der Waals surface area contributed by atoms with Gasteiger partial charge in [0.05, 0.1) is 5.52 Å². The van der Waals surface area contributed by atoms with Crippen LogP contribution in [0.5, 0.6) is 0 Å². The van der Waals surface area contributed by atoms with Crippen molar-refractivity contribution in [3.05, 3.63) is 42.1 Å². The Kier molecular flexibility index (Phi) is 6.61. The number of amides is 1. The second-order valence-electron chi connectivity index (χ2n) is 6.91. The molecule has 0 unspecified atom stereocenters. The van der Waals surface area contributed by atoms with Crippen molar-refractivity contribution in [1.29, 1.82) is 0 Å². The Morgan fingerprint density at radius 1 is 1.25 bits per heavy atom. The minimum Gasteiger partial charge on any atom is -0.381 e. The monoisotopic (exact) mass is 406 g/mol. The summed E-state index contributed by atoms with van der Waals surface area (Å²) in [5, 5.41) is 3.71. The Hall–Kier alpha value is -2.07. The van der Waals surface area contributed by atoms with E-state index in [0.717, 1.165) is 10.9 Å². The van der Waals surface area contributed by atoms with Gasteiger partial charge in [-0.2, -0.15) is 17.0 Å². The molecule has 2 aromatic rings. The predicted molar refractivity (Wildman–Crippen MR) is 107 cm³/mol. The molecule has 28 heavy (non-hydrogen) atoms. The summed E-state index contributed by atoms with van der Waals surface area (Å²) in [6.07, 6.45) is 3.01. The van der Waals surface area contributed by atoms with Crippen molar-refractivity contribution in [3.8, 4) is 0 Å². The second-order valence-corrected chi connectivity index (χ2v) is 9.01. The van der Waals surface area contributed by atoms with E-state index in [9.17, 15) is 13.2 Å². The first-order valence-electron chi connectivity index (χ1n) is 9.29. The summed E-state index contributed by atoms with van der Waals surface area (Å²) in [6, 6.07) is 8.90. The van der Waals surface area contributed by atoms with Gasteiger partial charge >= 0.3 is 0 Å². The number of hydrogen-bond donors (Lipinski definition) is 1. The van der Waals surface area contributed by atoms with Gasteiger partial charge in [0.15, 0.2) is 0 Å². The molecule has 1 N–H and O–H groups in total. The van der Waals surface area contributed by atoms with Crippen LogP contribution in [0.1, 0.15) is 23.2 Å². The third-order valence-corrected chi connectivity index (χ3v) is 6.84. The number of rotatable bonds is 7. The molecule has 1 fully saturated rings. The van der Waals surface area contributed by atoms with E-state index in [2.05, 4.69) is 10.3 Å². The van der Waals surface area contributed by atoms with Crippen LogP contribution in [-0.2, 0) is 14.9 Å². The number of pyridine rings is 1. The molecule has 1 saturated heterocycles. The van der Waals surface area contributed by atoms with Crippen LogP contribution in [0.15, 0.2) is 36.5 Å². The molecule has 0 aliphatic carbocycles. The number of aromatic nitrogens is 1. The van der Waals surface area contributed by atoms with Crippen molar-refractivity contribution in [2.45, 2.75) is 18.9 Å². The van der Waals surface area contributed by atoms with Crippen LogP contribution in [0.4, 0.5) is 0 Å². The number of carbonyl (C=O) groups is 1. The van der Waals surface area contributed by atoms with Gasteiger partial charge in [0.2, 0.25) is 0 Å². The third kappa shape index (κ3) is 4.67. The number of nitrogens with zero attached hydrogens (tertiary/aromatic N) is 3. The minimum absolute atomic E-state index is 0.121. The van der Waals surface area contributed by atoms with Gasteiger partial charge in [-0.15, -0.1) is 0 Å². The zero-order chi connectivity index (χ0) is 20.1. The molecule has 1 amide bonds. The van der Waals surface area contributed by atoms with Crippen molar-refractivity contribution in [2.75, 3.05) is 40.4 Å². The van der Waals surface area contributed by atoms with E-state index in [1.165, 1.54) is 22.7 Å². The molecule has 0 radical (unpaired) electrons. The Morgan fingerprint density at radius 3 is 2.71 bits per heavy atom. The Labute approximate surface area is 165 Å². The van der Waals surface area contributed by atoms with Crippen molar-refractivity contribution in [1.82, 2.24) is 18.9 Å². The summed E-state index contributed by atoms with van der Waals surface area (Å²) in [6.45, 7) is 1.53. The zero-order valence-corrected chi connectivity index (χ0v) is 17.0. The van der Waals surface area contributed by atoms with Gasteiger partial charge in [0.25, 0.3) is 16.1 Å². The zero-order valence-electron chi connectivity index (χ0n) is 16.2. The lowest BCUT2D eigenvalue weighted by Gasteiger charge is -2.34. The molecule has 0 saturated carbocycles. The topological polar surface area (TPSA) is 91.8 Å². The van der Waals surface area contributed by atoms with E-state index in [1.807, 2.05) is 12.1 Å². The van der Waals surface area contributed by atoms with Gasteiger partial charge < -0.3 is 10.1 Å². The normalized spacial score (nSPS) is 16.0. The highest BCUT2D eigenvalue weighted by Crippen LogP contribution is 2.19. The fourth-order valence-electron chi connectivity index (χ4n) is 3.27. The molecule has 152 valence electrons.